The van der Waals surface area contributed by atoms with Crippen LogP contribution in [0.5, 0.6) is 0 Å². The van der Waals surface area contributed by atoms with Gasteiger partial charge < -0.3 is 0 Å². The van der Waals surface area contributed by atoms with Crippen LogP contribution >= 0.6 is 11.8 Å². The zero-order chi connectivity index (χ0) is 17.2. The molecular formula is C18H12F3NOS. The van der Waals surface area contributed by atoms with E-state index in [0.717, 1.165) is 11.8 Å². The van der Waals surface area contributed by atoms with E-state index < -0.39 is 17.5 Å². The predicted octanol–water partition coefficient (Wildman–Crippen LogP) is 5.27. The van der Waals surface area contributed by atoms with Gasteiger partial charge in [-0.3, -0.25) is 9.78 Å². The molecule has 0 aliphatic heterocycles. The number of carbonyl (C=O) groups is 1. The zero-order valence-electron chi connectivity index (χ0n) is 12.4. The van der Waals surface area contributed by atoms with Gasteiger partial charge in [0.25, 0.3) is 5.78 Å². The summed E-state index contributed by atoms with van der Waals surface area (Å²) in [6.45, 7) is 0. The number of para-hydroxylation sites is 1. The number of pyridine rings is 1. The van der Waals surface area contributed by atoms with Crippen molar-refractivity contribution in [1.82, 2.24) is 4.98 Å². The molecule has 0 unspecified atom stereocenters. The highest BCUT2D eigenvalue weighted by molar-refractivity contribution is 7.98. The highest BCUT2D eigenvalue weighted by Gasteiger charge is 2.41. The van der Waals surface area contributed by atoms with E-state index in [4.69, 9.17) is 0 Å². The number of Topliss-reactive ketones (excluding diaryl/α,β-unsaturated/α-hetero) is 1. The highest BCUT2D eigenvalue weighted by atomic mass is 32.2. The van der Waals surface area contributed by atoms with Gasteiger partial charge in [0.2, 0.25) is 0 Å². The molecule has 0 amide bonds. The summed E-state index contributed by atoms with van der Waals surface area (Å²) in [6, 6.07) is 16.2. The van der Waals surface area contributed by atoms with E-state index in [2.05, 4.69) is 4.98 Å². The van der Waals surface area contributed by atoms with Gasteiger partial charge in [-0.15, -0.1) is 11.8 Å². The predicted molar refractivity (Wildman–Crippen MR) is 88.1 cm³/mol. The van der Waals surface area contributed by atoms with E-state index in [-0.39, 0.29) is 0 Å². The Bertz CT molecular complexity index is 878. The van der Waals surface area contributed by atoms with Crippen LogP contribution in [-0.2, 0) is 5.75 Å². The summed E-state index contributed by atoms with van der Waals surface area (Å²) in [6.07, 6.45) is -3.91. The Kier molecular flexibility index (Phi) is 4.57. The number of fused-ring (bicyclic) bond motifs is 1. The minimum absolute atomic E-state index is 0.312. The molecule has 2 aromatic carbocycles. The summed E-state index contributed by atoms with van der Waals surface area (Å²) >= 11 is 1.21. The third kappa shape index (κ3) is 3.43. The topological polar surface area (TPSA) is 30.0 Å². The Labute approximate surface area is 140 Å². The second kappa shape index (κ2) is 6.65. The molecule has 0 N–H and O–H groups in total. The van der Waals surface area contributed by atoms with Gasteiger partial charge in [0.1, 0.15) is 0 Å². The van der Waals surface area contributed by atoms with Crippen LogP contribution in [0.2, 0.25) is 0 Å². The Hall–Kier alpha value is -2.34. The molecule has 3 aromatic rings. The van der Waals surface area contributed by atoms with E-state index in [1.54, 1.807) is 24.3 Å². The molecule has 1 aromatic heterocycles. The molecular weight excluding hydrogens is 335 g/mol. The van der Waals surface area contributed by atoms with Crippen LogP contribution < -0.4 is 0 Å². The third-order valence-corrected chi connectivity index (χ3v) is 4.66. The van der Waals surface area contributed by atoms with Gasteiger partial charge in [-0.25, -0.2) is 0 Å². The summed E-state index contributed by atoms with van der Waals surface area (Å²) in [4.78, 5) is 16.1. The molecule has 0 fully saturated rings. The quantitative estimate of drug-likeness (QED) is 0.475. The van der Waals surface area contributed by atoms with Gasteiger partial charge in [-0.1, -0.05) is 48.5 Å². The average molecular weight is 347 g/mol. The molecule has 0 saturated heterocycles. The molecule has 0 spiro atoms. The number of benzene rings is 2. The number of aromatic nitrogens is 1. The fourth-order valence-electron chi connectivity index (χ4n) is 2.32. The molecule has 0 saturated carbocycles. The first-order chi connectivity index (χ1) is 11.5. The van der Waals surface area contributed by atoms with E-state index >= 15 is 0 Å². The van der Waals surface area contributed by atoms with Gasteiger partial charge in [0.15, 0.2) is 0 Å². The molecule has 0 bridgehead atoms. The maximum Gasteiger partial charge on any atom is 0.454 e. The lowest BCUT2D eigenvalue weighted by atomic mass is 10.1. The maximum absolute atomic E-state index is 12.9. The van der Waals surface area contributed by atoms with Gasteiger partial charge in [0, 0.05) is 22.2 Å². The fourth-order valence-corrected chi connectivity index (χ4v) is 3.45. The summed E-state index contributed by atoms with van der Waals surface area (Å²) in [5, 5.41) is 0.550. The van der Waals surface area contributed by atoms with Crippen molar-refractivity contribution in [2.75, 3.05) is 0 Å². The number of carbonyl (C=O) groups excluding carboxylic acids is 1. The summed E-state index contributed by atoms with van der Waals surface area (Å²) in [5.74, 6) is -1.40. The molecule has 0 aliphatic carbocycles. The Morgan fingerprint density at radius 3 is 2.38 bits per heavy atom. The van der Waals surface area contributed by atoms with E-state index in [0.29, 0.717) is 21.6 Å². The first-order valence-corrected chi connectivity index (χ1v) is 8.11. The molecule has 6 heteroatoms. The summed E-state index contributed by atoms with van der Waals surface area (Å²) < 4.78 is 38.7. The smallest absolute Gasteiger partial charge is 0.284 e. The van der Waals surface area contributed by atoms with Crippen LogP contribution in [-0.4, -0.2) is 16.9 Å². The highest BCUT2D eigenvalue weighted by Crippen LogP contribution is 2.35. The van der Waals surface area contributed by atoms with Crippen molar-refractivity contribution in [3.05, 3.63) is 71.9 Å². The SMILES string of the molecule is O=C(c1cnc2ccccc2c1SCc1ccccc1)C(F)(F)F. The fraction of sp³-hybridized carbons (Fsp3) is 0.111. The van der Waals surface area contributed by atoms with Crippen molar-refractivity contribution in [3.8, 4) is 0 Å². The van der Waals surface area contributed by atoms with Crippen molar-refractivity contribution in [2.45, 2.75) is 16.8 Å². The number of thioether (sulfide) groups is 1. The van der Waals surface area contributed by atoms with Crippen LogP contribution in [0.25, 0.3) is 10.9 Å². The van der Waals surface area contributed by atoms with Crippen molar-refractivity contribution >= 4 is 28.4 Å². The minimum Gasteiger partial charge on any atom is -0.284 e. The van der Waals surface area contributed by atoms with Crippen LogP contribution in [0, 0.1) is 0 Å². The lowest BCUT2D eigenvalue weighted by molar-refractivity contribution is -0.0887. The van der Waals surface area contributed by atoms with E-state index in [1.807, 2.05) is 30.3 Å². The monoisotopic (exact) mass is 347 g/mol. The summed E-state index contributed by atoms with van der Waals surface area (Å²) in [5.41, 5.74) is 1.13. The average Bonchev–Trinajstić information content (AvgIpc) is 2.59. The number of alkyl halides is 3. The van der Waals surface area contributed by atoms with Crippen molar-refractivity contribution in [1.29, 1.82) is 0 Å². The second-order valence-electron chi connectivity index (χ2n) is 5.12. The van der Waals surface area contributed by atoms with Crippen molar-refractivity contribution < 1.29 is 18.0 Å². The number of hydrogen-bond acceptors (Lipinski definition) is 3. The first kappa shape index (κ1) is 16.5. The first-order valence-electron chi connectivity index (χ1n) is 7.13. The number of ketones is 1. The third-order valence-electron chi connectivity index (χ3n) is 3.45. The largest absolute Gasteiger partial charge is 0.454 e. The van der Waals surface area contributed by atoms with E-state index in [9.17, 15) is 18.0 Å². The lowest BCUT2D eigenvalue weighted by Crippen LogP contribution is -2.23. The second-order valence-corrected chi connectivity index (χ2v) is 6.10. The molecule has 2 nitrogen and oxygen atoms in total. The number of hydrogen-bond donors (Lipinski definition) is 0. The molecule has 0 aliphatic rings. The Morgan fingerprint density at radius 2 is 1.67 bits per heavy atom. The van der Waals surface area contributed by atoms with Crippen LogP contribution in [0.3, 0.4) is 0 Å². The molecule has 122 valence electrons. The number of nitrogens with zero attached hydrogens (tertiary/aromatic N) is 1. The molecule has 0 radical (unpaired) electrons. The number of rotatable bonds is 4. The van der Waals surface area contributed by atoms with Crippen molar-refractivity contribution in [3.63, 3.8) is 0 Å². The van der Waals surface area contributed by atoms with Gasteiger partial charge in [-0.05, 0) is 11.6 Å². The van der Waals surface area contributed by atoms with Crippen LogP contribution in [0.4, 0.5) is 13.2 Å². The maximum atomic E-state index is 12.9. The normalized spacial score (nSPS) is 11.6. The minimum atomic E-state index is -4.92. The molecule has 3 rings (SSSR count). The Balaban J connectivity index is 2.06. The molecule has 1 heterocycles. The van der Waals surface area contributed by atoms with Gasteiger partial charge in [-0.2, -0.15) is 13.2 Å². The van der Waals surface area contributed by atoms with Gasteiger partial charge >= 0.3 is 6.18 Å². The Morgan fingerprint density at radius 1 is 1.00 bits per heavy atom. The molecule has 0 atom stereocenters. The number of halogens is 3. The lowest BCUT2D eigenvalue weighted by Gasteiger charge is -2.13. The standard InChI is InChI=1S/C18H12F3NOS/c19-18(20,21)17(23)14-10-22-15-9-5-4-8-13(15)16(14)24-11-12-6-2-1-3-7-12/h1-10H,11H2. The van der Waals surface area contributed by atoms with Crippen LogP contribution in [0.15, 0.2) is 65.7 Å². The van der Waals surface area contributed by atoms with Crippen LogP contribution in [0.1, 0.15) is 15.9 Å². The van der Waals surface area contributed by atoms with Crippen molar-refractivity contribution in [2.24, 2.45) is 0 Å². The molecule has 24 heavy (non-hydrogen) atoms. The zero-order valence-corrected chi connectivity index (χ0v) is 13.2. The van der Waals surface area contributed by atoms with E-state index in [1.165, 1.54) is 11.8 Å². The van der Waals surface area contributed by atoms with Gasteiger partial charge in [0.05, 0.1) is 11.1 Å². The summed E-state index contributed by atoms with van der Waals surface area (Å²) in [7, 11) is 0.